The fourth-order valence-corrected chi connectivity index (χ4v) is 6.43. The lowest BCUT2D eigenvalue weighted by atomic mass is 9.88. The van der Waals surface area contributed by atoms with E-state index in [-0.39, 0.29) is 23.9 Å². The van der Waals surface area contributed by atoms with Crippen LogP contribution in [0.5, 0.6) is 0 Å². The molecule has 0 saturated carbocycles. The van der Waals surface area contributed by atoms with Crippen molar-refractivity contribution < 1.29 is 22.0 Å². The van der Waals surface area contributed by atoms with Gasteiger partial charge in [-0.1, -0.05) is 24.3 Å². The number of hydrogen-bond donors (Lipinski definition) is 0. The number of aromatic nitrogens is 2. The molecule has 2 aliphatic rings. The number of piperidine rings is 2. The smallest absolute Gasteiger partial charge is 0.226 e. The number of likely N-dealkylation sites (tertiary alicyclic amines) is 1. The number of benzene rings is 2. The van der Waals surface area contributed by atoms with Crippen molar-refractivity contribution in [2.75, 3.05) is 30.8 Å². The Balaban J connectivity index is 1.21. The minimum absolute atomic E-state index is 0.0302. The summed E-state index contributed by atoms with van der Waals surface area (Å²) < 4.78 is 52.5. The Morgan fingerprint density at radius 2 is 1.72 bits per heavy atom. The van der Waals surface area contributed by atoms with Crippen LogP contribution in [0.1, 0.15) is 36.8 Å². The van der Waals surface area contributed by atoms with Crippen molar-refractivity contribution >= 4 is 21.6 Å². The fraction of sp³-hybridized carbons (Fsp3) is 0.414. The van der Waals surface area contributed by atoms with Crippen LogP contribution in [0.25, 0.3) is 11.3 Å². The lowest BCUT2D eigenvalue weighted by Gasteiger charge is -2.42. The van der Waals surface area contributed by atoms with Crippen molar-refractivity contribution in [1.29, 1.82) is 0 Å². The summed E-state index contributed by atoms with van der Waals surface area (Å²) in [5, 5.41) is 0. The van der Waals surface area contributed by atoms with E-state index in [1.165, 1.54) is 0 Å². The normalized spacial score (nSPS) is 19.0. The summed E-state index contributed by atoms with van der Waals surface area (Å²) in [5.41, 5.74) is 3.06. The number of aryl methyl sites for hydroxylation is 1. The molecule has 1 atom stereocenters. The Morgan fingerprint density at radius 3 is 2.38 bits per heavy atom. The lowest BCUT2D eigenvalue weighted by Crippen LogP contribution is -2.52. The average Bonchev–Trinajstić information content (AvgIpc) is 2.91. The maximum atomic E-state index is 14.7. The molecule has 1 aromatic heterocycles. The molecule has 0 N–H and O–H groups in total. The third-order valence-corrected chi connectivity index (χ3v) is 8.95. The van der Waals surface area contributed by atoms with E-state index < -0.39 is 32.3 Å². The van der Waals surface area contributed by atoms with Crippen LogP contribution in [-0.4, -0.2) is 61.1 Å². The van der Waals surface area contributed by atoms with Gasteiger partial charge in [-0.3, -0.25) is 9.78 Å². The van der Waals surface area contributed by atoms with Crippen molar-refractivity contribution in [3.63, 3.8) is 0 Å². The highest BCUT2D eigenvalue weighted by molar-refractivity contribution is 7.90. The second-order valence-corrected chi connectivity index (χ2v) is 12.5. The SMILES string of the molecule is Cc1ccccc1-c1cnc(N2CCC(N3CCC[C@H](Cc4cc(F)c(S(C)(=O)=O)cc4F)C3=O)CC2)cn1. The first-order valence-corrected chi connectivity index (χ1v) is 15.1. The van der Waals surface area contributed by atoms with E-state index >= 15 is 0 Å². The summed E-state index contributed by atoms with van der Waals surface area (Å²) in [5.74, 6) is -1.49. The number of halogens is 2. The molecule has 3 heterocycles. The molecule has 1 amide bonds. The number of carbonyl (C=O) groups is 1. The number of sulfone groups is 1. The van der Waals surface area contributed by atoms with Gasteiger partial charge in [0, 0.05) is 43.4 Å². The van der Waals surface area contributed by atoms with Crippen molar-refractivity contribution in [2.24, 2.45) is 5.92 Å². The van der Waals surface area contributed by atoms with Gasteiger partial charge in [0.2, 0.25) is 5.91 Å². The molecular weight excluding hydrogens is 522 g/mol. The zero-order valence-corrected chi connectivity index (χ0v) is 22.9. The first kappa shape index (κ1) is 27.2. The maximum absolute atomic E-state index is 14.7. The first-order valence-electron chi connectivity index (χ1n) is 13.2. The predicted molar refractivity (Wildman–Crippen MR) is 145 cm³/mol. The zero-order chi connectivity index (χ0) is 27.7. The molecule has 3 aromatic rings. The molecule has 0 spiro atoms. The second kappa shape index (κ2) is 11.0. The molecule has 39 heavy (non-hydrogen) atoms. The summed E-state index contributed by atoms with van der Waals surface area (Å²) in [4.78, 5) is 26.1. The summed E-state index contributed by atoms with van der Waals surface area (Å²) in [7, 11) is -3.88. The van der Waals surface area contributed by atoms with Gasteiger partial charge in [-0.25, -0.2) is 22.2 Å². The van der Waals surface area contributed by atoms with Gasteiger partial charge in [0.05, 0.1) is 18.1 Å². The number of anilines is 1. The number of nitrogens with zero attached hydrogens (tertiary/aromatic N) is 4. The Bertz CT molecular complexity index is 1470. The van der Waals surface area contributed by atoms with Crippen LogP contribution in [-0.2, 0) is 21.1 Å². The largest absolute Gasteiger partial charge is 0.355 e. The van der Waals surface area contributed by atoms with Crippen LogP contribution < -0.4 is 4.90 Å². The van der Waals surface area contributed by atoms with E-state index in [0.717, 1.165) is 73.4 Å². The number of rotatable bonds is 6. The molecule has 5 rings (SSSR count). The molecule has 2 fully saturated rings. The predicted octanol–water partition coefficient (Wildman–Crippen LogP) is 4.58. The Morgan fingerprint density at radius 1 is 0.974 bits per heavy atom. The van der Waals surface area contributed by atoms with E-state index in [1.54, 1.807) is 12.4 Å². The molecular formula is C29H32F2N4O3S. The van der Waals surface area contributed by atoms with Gasteiger partial charge in [0.25, 0.3) is 0 Å². The number of carbonyl (C=O) groups excluding carboxylic acids is 1. The van der Waals surface area contributed by atoms with Crippen LogP contribution in [0.2, 0.25) is 0 Å². The quantitative estimate of drug-likeness (QED) is 0.444. The minimum atomic E-state index is -3.88. The fourth-order valence-electron chi connectivity index (χ4n) is 5.69. The molecule has 10 heteroatoms. The van der Waals surface area contributed by atoms with E-state index in [1.807, 2.05) is 36.1 Å². The van der Waals surface area contributed by atoms with Gasteiger partial charge < -0.3 is 9.80 Å². The van der Waals surface area contributed by atoms with Crippen LogP contribution >= 0.6 is 0 Å². The van der Waals surface area contributed by atoms with Crippen molar-refractivity contribution in [2.45, 2.75) is 50.0 Å². The first-order chi connectivity index (χ1) is 18.6. The Hall–Kier alpha value is -3.40. The molecule has 0 bridgehead atoms. The topological polar surface area (TPSA) is 83.5 Å². The lowest BCUT2D eigenvalue weighted by molar-refractivity contribution is -0.141. The summed E-state index contributed by atoms with van der Waals surface area (Å²) in [6, 6.07) is 9.77. The van der Waals surface area contributed by atoms with Crippen LogP contribution in [0.3, 0.4) is 0 Å². The molecule has 0 radical (unpaired) electrons. The minimum Gasteiger partial charge on any atom is -0.355 e. The highest BCUT2D eigenvalue weighted by Crippen LogP contribution is 2.30. The highest BCUT2D eigenvalue weighted by atomic mass is 32.2. The molecule has 2 aromatic carbocycles. The van der Waals surface area contributed by atoms with E-state index in [9.17, 15) is 22.0 Å². The third kappa shape index (κ3) is 5.80. The van der Waals surface area contributed by atoms with Crippen LogP contribution in [0.4, 0.5) is 14.6 Å². The van der Waals surface area contributed by atoms with Gasteiger partial charge in [0.15, 0.2) is 9.84 Å². The molecule has 2 saturated heterocycles. The summed E-state index contributed by atoms with van der Waals surface area (Å²) in [6.45, 7) is 4.18. The third-order valence-electron chi connectivity index (χ3n) is 7.84. The van der Waals surface area contributed by atoms with Gasteiger partial charge in [0.1, 0.15) is 22.3 Å². The van der Waals surface area contributed by atoms with Crippen LogP contribution in [0.15, 0.2) is 53.7 Å². The van der Waals surface area contributed by atoms with E-state index in [4.69, 9.17) is 0 Å². The molecule has 206 valence electrons. The Labute approximate surface area is 227 Å². The van der Waals surface area contributed by atoms with Gasteiger partial charge in [-0.05, 0) is 62.3 Å². The van der Waals surface area contributed by atoms with Crippen molar-refractivity contribution in [3.8, 4) is 11.3 Å². The second-order valence-electron chi connectivity index (χ2n) is 10.5. The standard InChI is InChI=1S/C29H32F2N4O3S/c1-19-6-3-4-8-23(19)26-17-33-28(18-32-26)34-12-9-22(10-13-34)35-11-5-7-20(29(35)36)14-21-15-25(31)27(16-24(21)30)39(2,37)38/h3-4,6,8,15-18,20,22H,5,7,9-14H2,1-2H3/t20-/m1/s1. The molecule has 0 aliphatic carbocycles. The van der Waals surface area contributed by atoms with E-state index in [2.05, 4.69) is 14.9 Å². The van der Waals surface area contributed by atoms with Crippen molar-refractivity contribution in [3.05, 3.63) is 71.6 Å². The summed E-state index contributed by atoms with van der Waals surface area (Å²) >= 11 is 0. The maximum Gasteiger partial charge on any atom is 0.226 e. The molecule has 2 aliphatic heterocycles. The van der Waals surface area contributed by atoms with Gasteiger partial charge in [-0.2, -0.15) is 0 Å². The van der Waals surface area contributed by atoms with Crippen LogP contribution in [0, 0.1) is 24.5 Å². The summed E-state index contributed by atoms with van der Waals surface area (Å²) in [6.07, 6.45) is 7.42. The number of hydrogen-bond acceptors (Lipinski definition) is 6. The monoisotopic (exact) mass is 554 g/mol. The highest BCUT2D eigenvalue weighted by Gasteiger charge is 2.35. The zero-order valence-electron chi connectivity index (χ0n) is 22.1. The van der Waals surface area contributed by atoms with E-state index in [0.29, 0.717) is 13.0 Å². The molecule has 7 nitrogen and oxygen atoms in total. The average molecular weight is 555 g/mol. The van der Waals surface area contributed by atoms with Crippen molar-refractivity contribution in [1.82, 2.24) is 14.9 Å². The molecule has 0 unspecified atom stereocenters. The van der Waals surface area contributed by atoms with Gasteiger partial charge >= 0.3 is 0 Å². The Kier molecular flexibility index (Phi) is 7.66. The van der Waals surface area contributed by atoms with Gasteiger partial charge in [-0.15, -0.1) is 0 Å². The number of amides is 1.